The van der Waals surface area contributed by atoms with Crippen LogP contribution in [0.5, 0.6) is 0 Å². The van der Waals surface area contributed by atoms with Gasteiger partial charge in [0, 0.05) is 31.7 Å². The van der Waals surface area contributed by atoms with Gasteiger partial charge in [-0.15, -0.1) is 11.3 Å². The first-order chi connectivity index (χ1) is 16.9. The molecule has 1 aromatic carbocycles. The molecule has 35 heavy (non-hydrogen) atoms. The molecule has 3 rings (SSSR count). The molecule has 1 aliphatic carbocycles. The zero-order valence-electron chi connectivity index (χ0n) is 21.3. The summed E-state index contributed by atoms with van der Waals surface area (Å²) in [6, 6.07) is 6.24. The molecular formula is C29H40N2O3S. The van der Waals surface area contributed by atoms with Gasteiger partial charge in [-0.3, -0.25) is 14.4 Å². The van der Waals surface area contributed by atoms with Gasteiger partial charge in [-0.1, -0.05) is 58.6 Å². The number of Topliss-reactive ketones (excluding diaryl/α,β-unsaturated/α-hetero) is 1. The third-order valence-corrected chi connectivity index (χ3v) is 8.26. The highest BCUT2D eigenvalue weighted by Crippen LogP contribution is 2.29. The van der Waals surface area contributed by atoms with E-state index >= 15 is 0 Å². The number of aromatic nitrogens is 1. The van der Waals surface area contributed by atoms with Gasteiger partial charge in [-0.25, -0.2) is 4.98 Å². The Morgan fingerprint density at radius 3 is 2.66 bits per heavy atom. The van der Waals surface area contributed by atoms with Crippen LogP contribution < -0.4 is 5.32 Å². The van der Waals surface area contributed by atoms with Crippen molar-refractivity contribution in [1.29, 1.82) is 0 Å². The molecule has 0 radical (unpaired) electrons. The Labute approximate surface area is 213 Å². The smallest absolute Gasteiger partial charge is 0.224 e. The molecule has 0 spiro atoms. The molecule has 2 aromatic rings. The summed E-state index contributed by atoms with van der Waals surface area (Å²) >= 11 is 1.61. The van der Waals surface area contributed by atoms with Gasteiger partial charge in [0.25, 0.3) is 0 Å². The van der Waals surface area contributed by atoms with Crippen molar-refractivity contribution in [1.82, 2.24) is 10.3 Å². The van der Waals surface area contributed by atoms with Gasteiger partial charge in [0.2, 0.25) is 5.91 Å². The minimum Gasteiger partial charge on any atom is -0.353 e. The number of nitrogens with zero attached hydrogens (tertiary/aromatic N) is 1. The lowest BCUT2D eigenvalue weighted by Crippen LogP contribution is -2.41. The molecule has 1 aromatic heterocycles. The van der Waals surface area contributed by atoms with Crippen molar-refractivity contribution in [2.24, 2.45) is 11.8 Å². The molecule has 1 aliphatic rings. The van der Waals surface area contributed by atoms with E-state index in [9.17, 15) is 14.4 Å². The van der Waals surface area contributed by atoms with Crippen molar-refractivity contribution in [3.8, 4) is 0 Å². The Balaban J connectivity index is 1.74. The number of rotatable bonds is 14. The lowest BCUT2D eigenvalue weighted by atomic mass is 9.83. The highest BCUT2D eigenvalue weighted by molar-refractivity contribution is 7.18. The number of amides is 1. The number of thiazole rings is 1. The summed E-state index contributed by atoms with van der Waals surface area (Å²) < 4.78 is 1.12. The van der Waals surface area contributed by atoms with E-state index in [2.05, 4.69) is 31.0 Å². The zero-order valence-corrected chi connectivity index (χ0v) is 22.1. The Bertz CT molecular complexity index is 1020. The van der Waals surface area contributed by atoms with Gasteiger partial charge in [-0.2, -0.15) is 0 Å². The number of ketones is 2. The van der Waals surface area contributed by atoms with Crippen LogP contribution in [0.2, 0.25) is 0 Å². The van der Waals surface area contributed by atoms with E-state index in [1.807, 2.05) is 13.0 Å². The molecule has 2 atom stereocenters. The van der Waals surface area contributed by atoms with Crippen molar-refractivity contribution in [3.63, 3.8) is 0 Å². The van der Waals surface area contributed by atoms with Crippen LogP contribution in [0.25, 0.3) is 10.2 Å². The van der Waals surface area contributed by atoms with E-state index < -0.39 is 5.92 Å². The van der Waals surface area contributed by atoms with Gasteiger partial charge in [-0.05, 0) is 49.0 Å². The second kappa shape index (κ2) is 13.7. The van der Waals surface area contributed by atoms with E-state index in [1.165, 1.54) is 43.7 Å². The molecule has 1 saturated carbocycles. The number of allylic oxidation sites excluding steroid dienone is 1. The largest absolute Gasteiger partial charge is 0.353 e. The summed E-state index contributed by atoms with van der Waals surface area (Å²) in [5, 5.41) is 4.14. The maximum absolute atomic E-state index is 13.5. The molecule has 1 N–H and O–H groups in total. The fourth-order valence-corrected chi connectivity index (χ4v) is 6.13. The van der Waals surface area contributed by atoms with Crippen molar-refractivity contribution in [2.75, 3.05) is 0 Å². The number of carbonyl (C=O) groups excluding carboxylic acids is 3. The molecule has 0 bridgehead atoms. The van der Waals surface area contributed by atoms with Crippen molar-refractivity contribution in [2.45, 2.75) is 96.9 Å². The van der Waals surface area contributed by atoms with Crippen LogP contribution in [0.1, 0.15) is 88.6 Å². The van der Waals surface area contributed by atoms with E-state index in [-0.39, 0.29) is 29.9 Å². The summed E-state index contributed by atoms with van der Waals surface area (Å²) in [4.78, 5) is 42.5. The third kappa shape index (κ3) is 8.38. The van der Waals surface area contributed by atoms with E-state index in [0.29, 0.717) is 31.6 Å². The fraction of sp³-hybridized carbons (Fsp3) is 0.586. The fourth-order valence-electron chi connectivity index (χ4n) is 5.02. The van der Waals surface area contributed by atoms with Crippen LogP contribution in [0.4, 0.5) is 0 Å². The van der Waals surface area contributed by atoms with Gasteiger partial charge in [0.1, 0.15) is 5.78 Å². The molecule has 0 unspecified atom stereocenters. The summed E-state index contributed by atoms with van der Waals surface area (Å²) in [7, 11) is 0. The Morgan fingerprint density at radius 2 is 1.97 bits per heavy atom. The van der Waals surface area contributed by atoms with E-state index in [1.54, 1.807) is 11.3 Å². The normalized spacial score (nSPS) is 16.1. The van der Waals surface area contributed by atoms with Gasteiger partial charge in [0.05, 0.1) is 21.1 Å². The molecular weight excluding hydrogens is 456 g/mol. The minimum absolute atomic E-state index is 0.00604. The molecule has 1 fully saturated rings. The lowest BCUT2D eigenvalue weighted by molar-refractivity contribution is -0.130. The van der Waals surface area contributed by atoms with Crippen molar-refractivity contribution < 1.29 is 14.4 Å². The van der Waals surface area contributed by atoms with Crippen LogP contribution in [0, 0.1) is 11.8 Å². The van der Waals surface area contributed by atoms with Crippen LogP contribution in [0.3, 0.4) is 0 Å². The number of aryl methyl sites for hydroxylation is 1. The molecule has 0 saturated heterocycles. The number of hydrogen-bond donors (Lipinski definition) is 1. The minimum atomic E-state index is -0.447. The predicted molar refractivity (Wildman–Crippen MR) is 144 cm³/mol. The van der Waals surface area contributed by atoms with Gasteiger partial charge in [0.15, 0.2) is 5.78 Å². The second-order valence-corrected chi connectivity index (χ2v) is 11.0. The maximum Gasteiger partial charge on any atom is 0.224 e. The first kappa shape index (κ1) is 27.3. The Kier molecular flexibility index (Phi) is 10.6. The van der Waals surface area contributed by atoms with Crippen LogP contribution in [0.15, 0.2) is 30.9 Å². The van der Waals surface area contributed by atoms with Crippen molar-refractivity contribution >= 4 is 39.0 Å². The first-order valence-electron chi connectivity index (χ1n) is 13.3. The number of benzene rings is 1. The average Bonchev–Trinajstić information content (AvgIpc) is 3.28. The summed E-state index contributed by atoms with van der Waals surface area (Å²) in [6.07, 6.45) is 11.5. The van der Waals surface area contributed by atoms with Gasteiger partial charge < -0.3 is 5.32 Å². The highest BCUT2D eigenvalue weighted by Gasteiger charge is 2.27. The highest BCUT2D eigenvalue weighted by atomic mass is 32.1. The maximum atomic E-state index is 13.5. The predicted octanol–water partition coefficient (Wildman–Crippen LogP) is 6.38. The van der Waals surface area contributed by atoms with Gasteiger partial charge >= 0.3 is 0 Å². The summed E-state index contributed by atoms with van der Waals surface area (Å²) in [5.41, 5.74) is 2.21. The number of hydrogen-bond acceptors (Lipinski definition) is 5. The summed E-state index contributed by atoms with van der Waals surface area (Å²) in [6.45, 7) is 7.55. The molecule has 5 nitrogen and oxygen atoms in total. The standard InChI is InChI=1S/C29H40N2O3S/c1-4-20-12-15-26-27(17-20)35-28(31-26)19-22(18-25(33)6-3)29(34)30-23(13-14-24(32)5-2)16-21-10-8-7-9-11-21/h5,12,15,17,21-23H,2,4,6-11,13-14,16,18-19H2,1,3H3,(H,30,34)/t22-,23+/m0/s1. The second-order valence-electron chi connectivity index (χ2n) is 9.91. The number of fused-ring (bicyclic) bond motifs is 1. The van der Waals surface area contributed by atoms with Crippen LogP contribution in [-0.2, 0) is 27.2 Å². The average molecular weight is 497 g/mol. The molecule has 6 heteroatoms. The van der Waals surface area contributed by atoms with E-state index in [0.717, 1.165) is 28.1 Å². The Hall–Kier alpha value is -2.34. The lowest BCUT2D eigenvalue weighted by Gasteiger charge is -2.28. The summed E-state index contributed by atoms with van der Waals surface area (Å²) in [5.74, 6) is 0.141. The van der Waals surface area contributed by atoms with Crippen LogP contribution in [-0.4, -0.2) is 28.5 Å². The molecule has 1 amide bonds. The Morgan fingerprint density at radius 1 is 1.20 bits per heavy atom. The topological polar surface area (TPSA) is 76.1 Å². The molecule has 0 aliphatic heterocycles. The zero-order chi connectivity index (χ0) is 25.2. The molecule has 190 valence electrons. The first-order valence-corrected chi connectivity index (χ1v) is 14.1. The monoisotopic (exact) mass is 496 g/mol. The van der Waals surface area contributed by atoms with E-state index in [4.69, 9.17) is 4.98 Å². The molecule has 1 heterocycles. The third-order valence-electron chi connectivity index (χ3n) is 7.22. The van der Waals surface area contributed by atoms with Crippen molar-refractivity contribution in [3.05, 3.63) is 41.4 Å². The number of nitrogens with one attached hydrogen (secondary N) is 1. The number of carbonyl (C=O) groups is 3. The SMILES string of the molecule is C=CC(=O)CC[C@H](CC1CCCCC1)NC(=O)[C@@H](CC(=O)CC)Cc1nc2ccc(CC)cc2s1. The van der Waals surface area contributed by atoms with Crippen LogP contribution >= 0.6 is 11.3 Å². The quantitative estimate of drug-likeness (QED) is 0.308.